The lowest BCUT2D eigenvalue weighted by Crippen LogP contribution is -2.41. The molecule has 0 radical (unpaired) electrons. The first-order valence-electron chi connectivity index (χ1n) is 9.66. The molecular weight excluding hydrogens is 405 g/mol. The second-order valence-corrected chi connectivity index (χ2v) is 8.41. The van der Waals surface area contributed by atoms with E-state index in [1.54, 1.807) is 32.1 Å². The smallest absolute Gasteiger partial charge is 0.241 e. The van der Waals surface area contributed by atoms with Crippen LogP contribution in [0.15, 0.2) is 60.7 Å². The standard InChI is InChI=1S/C24H21ClFNO3/c1-4-14-8-10-17-22(29)27(15-9-11-19(26)18(25)12-15)23(30)24(17,3)20(14)16-7-5-6-13(2)21(16)28/h4-9,11-12,17,20,28H,1,10H2,2-3H3. The van der Waals surface area contributed by atoms with Gasteiger partial charge in [0.1, 0.15) is 11.6 Å². The van der Waals surface area contributed by atoms with Crippen molar-refractivity contribution in [3.63, 3.8) is 0 Å². The fourth-order valence-electron chi connectivity index (χ4n) is 4.78. The molecule has 2 aromatic carbocycles. The number of nitrogens with zero attached hydrogens (tertiary/aromatic N) is 1. The quantitative estimate of drug-likeness (QED) is 0.680. The number of fused-ring (bicyclic) bond motifs is 1. The zero-order valence-corrected chi connectivity index (χ0v) is 17.4. The molecule has 154 valence electrons. The summed E-state index contributed by atoms with van der Waals surface area (Å²) in [4.78, 5) is 28.2. The van der Waals surface area contributed by atoms with E-state index < -0.39 is 29.0 Å². The highest BCUT2D eigenvalue weighted by Crippen LogP contribution is 2.58. The second-order valence-electron chi connectivity index (χ2n) is 8.00. The molecule has 30 heavy (non-hydrogen) atoms. The number of phenols is 1. The van der Waals surface area contributed by atoms with Crippen LogP contribution in [0, 0.1) is 24.1 Å². The Morgan fingerprint density at radius 3 is 2.70 bits per heavy atom. The number of allylic oxidation sites excluding steroid dienone is 3. The zero-order valence-electron chi connectivity index (χ0n) is 16.7. The van der Waals surface area contributed by atoms with E-state index in [0.29, 0.717) is 17.5 Å². The van der Waals surface area contributed by atoms with Gasteiger partial charge in [-0.1, -0.05) is 48.5 Å². The Balaban J connectivity index is 1.90. The van der Waals surface area contributed by atoms with E-state index in [4.69, 9.17) is 11.6 Å². The molecule has 4 nitrogen and oxygen atoms in total. The minimum atomic E-state index is -1.14. The molecular formula is C24H21ClFNO3. The highest BCUT2D eigenvalue weighted by Gasteiger charge is 2.62. The molecule has 3 unspecified atom stereocenters. The van der Waals surface area contributed by atoms with Crippen LogP contribution in [0.1, 0.15) is 30.4 Å². The average Bonchev–Trinajstić information content (AvgIpc) is 2.92. The Labute approximate surface area is 179 Å². The van der Waals surface area contributed by atoms with Gasteiger partial charge in [-0.05, 0) is 49.6 Å². The lowest BCUT2D eigenvalue weighted by atomic mass is 9.60. The third-order valence-corrected chi connectivity index (χ3v) is 6.70. The van der Waals surface area contributed by atoms with Crippen molar-refractivity contribution in [2.45, 2.75) is 26.2 Å². The van der Waals surface area contributed by atoms with Gasteiger partial charge in [0.15, 0.2) is 0 Å². The van der Waals surface area contributed by atoms with Crippen LogP contribution in [0.25, 0.3) is 0 Å². The normalized spacial score (nSPS) is 25.9. The molecule has 2 amide bonds. The second kappa shape index (κ2) is 7.10. The van der Waals surface area contributed by atoms with Crippen LogP contribution in [0.5, 0.6) is 5.75 Å². The number of para-hydroxylation sites is 1. The number of carbonyl (C=O) groups excluding carboxylic acids is 2. The average molecular weight is 426 g/mol. The largest absolute Gasteiger partial charge is 0.507 e. The Hall–Kier alpha value is -2.92. The van der Waals surface area contributed by atoms with Gasteiger partial charge in [-0.3, -0.25) is 9.59 Å². The Kier molecular flexibility index (Phi) is 4.82. The molecule has 0 aromatic heterocycles. The first-order chi connectivity index (χ1) is 14.2. The summed E-state index contributed by atoms with van der Waals surface area (Å²) in [5, 5.41) is 10.6. The van der Waals surface area contributed by atoms with Crippen molar-refractivity contribution >= 4 is 29.1 Å². The lowest BCUT2D eigenvalue weighted by molar-refractivity contribution is -0.127. The van der Waals surface area contributed by atoms with E-state index in [2.05, 4.69) is 6.58 Å². The highest BCUT2D eigenvalue weighted by atomic mass is 35.5. The van der Waals surface area contributed by atoms with Gasteiger partial charge in [0.2, 0.25) is 11.8 Å². The predicted octanol–water partition coefficient (Wildman–Crippen LogP) is 5.29. The summed E-state index contributed by atoms with van der Waals surface area (Å²) in [5.41, 5.74) is 1.14. The summed E-state index contributed by atoms with van der Waals surface area (Å²) < 4.78 is 13.6. The molecule has 2 aliphatic rings. The Morgan fingerprint density at radius 1 is 1.30 bits per heavy atom. The minimum Gasteiger partial charge on any atom is -0.507 e. The molecule has 1 aliphatic heterocycles. The lowest BCUT2D eigenvalue weighted by Gasteiger charge is -2.40. The number of carbonyl (C=O) groups is 2. The van der Waals surface area contributed by atoms with Crippen LogP contribution in [0.4, 0.5) is 10.1 Å². The predicted molar refractivity (Wildman–Crippen MR) is 114 cm³/mol. The Morgan fingerprint density at radius 2 is 2.03 bits per heavy atom. The summed E-state index contributed by atoms with van der Waals surface area (Å²) in [7, 11) is 0. The molecule has 1 saturated heterocycles. The van der Waals surface area contributed by atoms with Gasteiger partial charge in [0.05, 0.1) is 22.0 Å². The number of aryl methyl sites for hydroxylation is 1. The van der Waals surface area contributed by atoms with Gasteiger partial charge in [0, 0.05) is 11.5 Å². The third-order valence-electron chi connectivity index (χ3n) is 6.41. The van der Waals surface area contributed by atoms with Gasteiger partial charge in [0.25, 0.3) is 0 Å². The number of phenolic OH excluding ortho intramolecular Hbond substituents is 1. The number of hydrogen-bond donors (Lipinski definition) is 1. The molecule has 4 rings (SSSR count). The van der Waals surface area contributed by atoms with Crippen LogP contribution < -0.4 is 4.90 Å². The van der Waals surface area contributed by atoms with E-state index in [9.17, 15) is 19.1 Å². The number of imide groups is 1. The van der Waals surface area contributed by atoms with E-state index in [1.165, 1.54) is 12.1 Å². The van der Waals surface area contributed by atoms with Crippen molar-refractivity contribution in [1.82, 2.24) is 0 Å². The maximum Gasteiger partial charge on any atom is 0.241 e. The van der Waals surface area contributed by atoms with Crippen LogP contribution in [0.3, 0.4) is 0 Å². The van der Waals surface area contributed by atoms with Crippen molar-refractivity contribution in [3.8, 4) is 5.75 Å². The van der Waals surface area contributed by atoms with Gasteiger partial charge in [-0.25, -0.2) is 9.29 Å². The monoisotopic (exact) mass is 425 g/mol. The van der Waals surface area contributed by atoms with E-state index >= 15 is 0 Å². The van der Waals surface area contributed by atoms with Crippen molar-refractivity contribution in [2.24, 2.45) is 11.3 Å². The molecule has 1 heterocycles. The molecule has 1 fully saturated rings. The van der Waals surface area contributed by atoms with Gasteiger partial charge >= 0.3 is 0 Å². The number of benzene rings is 2. The maximum absolute atomic E-state index is 13.7. The Bertz CT molecular complexity index is 1130. The molecule has 3 atom stereocenters. The molecule has 0 spiro atoms. The zero-order chi connectivity index (χ0) is 21.8. The molecule has 1 aliphatic carbocycles. The van der Waals surface area contributed by atoms with Crippen LogP contribution in [-0.4, -0.2) is 16.9 Å². The molecule has 0 saturated carbocycles. The number of hydrogen-bond acceptors (Lipinski definition) is 3. The van der Waals surface area contributed by atoms with Gasteiger partial charge < -0.3 is 5.11 Å². The number of rotatable bonds is 3. The van der Waals surface area contributed by atoms with E-state index in [0.717, 1.165) is 16.5 Å². The number of halogens is 2. The van der Waals surface area contributed by atoms with Crippen molar-refractivity contribution in [1.29, 1.82) is 0 Å². The number of aromatic hydroxyl groups is 1. The van der Waals surface area contributed by atoms with Crippen molar-refractivity contribution < 1.29 is 19.1 Å². The fourth-order valence-corrected chi connectivity index (χ4v) is 4.95. The summed E-state index contributed by atoms with van der Waals surface area (Å²) in [6.45, 7) is 7.42. The van der Waals surface area contributed by atoms with Crippen molar-refractivity contribution in [2.75, 3.05) is 4.90 Å². The molecule has 0 bridgehead atoms. The first-order valence-corrected chi connectivity index (χ1v) is 10.0. The summed E-state index contributed by atoms with van der Waals surface area (Å²) >= 11 is 5.90. The van der Waals surface area contributed by atoms with Gasteiger partial charge in [-0.15, -0.1) is 0 Å². The summed E-state index contributed by atoms with van der Waals surface area (Å²) in [6.07, 6.45) is 3.94. The van der Waals surface area contributed by atoms with Gasteiger partial charge in [-0.2, -0.15) is 0 Å². The van der Waals surface area contributed by atoms with Crippen LogP contribution in [-0.2, 0) is 9.59 Å². The fraction of sp³-hybridized carbons (Fsp3) is 0.250. The van der Waals surface area contributed by atoms with E-state index in [-0.39, 0.29) is 22.4 Å². The number of amides is 2. The van der Waals surface area contributed by atoms with Crippen molar-refractivity contribution in [3.05, 3.63) is 82.7 Å². The molecule has 6 heteroatoms. The summed E-state index contributed by atoms with van der Waals surface area (Å²) in [5.74, 6) is -2.46. The highest BCUT2D eigenvalue weighted by molar-refractivity contribution is 6.31. The minimum absolute atomic E-state index is 0.0978. The maximum atomic E-state index is 13.7. The van der Waals surface area contributed by atoms with Crippen LogP contribution >= 0.6 is 11.6 Å². The van der Waals surface area contributed by atoms with Crippen LogP contribution in [0.2, 0.25) is 5.02 Å². The third kappa shape index (κ3) is 2.72. The number of anilines is 1. The summed E-state index contributed by atoms with van der Waals surface area (Å²) in [6, 6.07) is 9.17. The van der Waals surface area contributed by atoms with E-state index in [1.807, 2.05) is 12.1 Å². The first kappa shape index (κ1) is 20.4. The molecule has 2 aromatic rings. The molecule has 1 N–H and O–H groups in total. The SMILES string of the molecule is C=CC1=CCC2C(=O)N(c3ccc(F)c(Cl)c3)C(=O)C2(C)C1c1cccc(C)c1O. The topological polar surface area (TPSA) is 57.6 Å².